The summed E-state index contributed by atoms with van der Waals surface area (Å²) < 4.78 is 5.78. The van der Waals surface area contributed by atoms with Gasteiger partial charge in [-0.15, -0.1) is 0 Å². The number of H-pyrrole nitrogens is 3. The van der Waals surface area contributed by atoms with E-state index in [0.717, 1.165) is 87.2 Å². The lowest BCUT2D eigenvalue weighted by atomic mass is 9.80. The summed E-state index contributed by atoms with van der Waals surface area (Å²) in [6, 6.07) is -0.456. The van der Waals surface area contributed by atoms with E-state index >= 15 is 0 Å². The van der Waals surface area contributed by atoms with E-state index in [-0.39, 0.29) is 36.6 Å². The van der Waals surface area contributed by atoms with Crippen LogP contribution in [0.2, 0.25) is 0 Å². The molecule has 6 rings (SSSR count). The number of fused-ring (bicyclic) bond motifs is 8. The summed E-state index contributed by atoms with van der Waals surface area (Å²) in [5.74, 6) is -0.575. The van der Waals surface area contributed by atoms with Crippen LogP contribution in [0.5, 0.6) is 0 Å². The predicted molar refractivity (Wildman–Crippen MR) is 253 cm³/mol. The van der Waals surface area contributed by atoms with Crippen molar-refractivity contribution in [3.8, 4) is 0 Å². The molecule has 9 heteroatoms. The molecule has 0 amide bonds. The van der Waals surface area contributed by atoms with Gasteiger partial charge in [-0.3, -0.25) is 9.59 Å². The van der Waals surface area contributed by atoms with Crippen LogP contribution in [0.25, 0.3) is 29.6 Å². The third kappa shape index (κ3) is 10.2. The first-order valence-electron chi connectivity index (χ1n) is 23.8. The Hall–Kier alpha value is -4.66. The highest BCUT2D eigenvalue weighted by Crippen LogP contribution is 2.42. The molecule has 1 fully saturated rings. The second-order valence-corrected chi connectivity index (χ2v) is 19.7. The number of ether oxygens (including phenoxy) is 1. The first kappa shape index (κ1) is 46.8. The second-order valence-electron chi connectivity index (χ2n) is 19.7. The number of aliphatic hydroxyl groups is 1. The van der Waals surface area contributed by atoms with Crippen LogP contribution >= 0.6 is 0 Å². The zero-order valence-corrected chi connectivity index (χ0v) is 39.7. The number of aromatic amines is 3. The number of carboxylic acids is 1. The van der Waals surface area contributed by atoms with Gasteiger partial charge >= 0.3 is 11.9 Å². The lowest BCUT2D eigenvalue weighted by molar-refractivity contribution is -0.143. The Morgan fingerprint density at radius 2 is 1.40 bits per heavy atom. The molecule has 338 valence electrons. The largest absolute Gasteiger partial charge is 0.510 e. The molecule has 1 aliphatic carbocycles. The first-order valence-corrected chi connectivity index (χ1v) is 23.8. The topological polar surface area (TPSA) is 143 Å². The van der Waals surface area contributed by atoms with Crippen LogP contribution in [0.3, 0.4) is 0 Å². The number of carboxylic acid groups (broad SMARTS) is 1. The normalized spacial score (nSPS) is 22.5. The van der Waals surface area contributed by atoms with E-state index in [2.05, 4.69) is 108 Å². The van der Waals surface area contributed by atoms with Crippen molar-refractivity contribution in [3.05, 3.63) is 83.5 Å². The van der Waals surface area contributed by atoms with Gasteiger partial charge in [0.15, 0.2) is 0 Å². The number of esters is 1. The summed E-state index contributed by atoms with van der Waals surface area (Å²) in [5.41, 5.74) is 11.1. The van der Waals surface area contributed by atoms with Crippen molar-refractivity contribution in [2.24, 2.45) is 35.5 Å². The molecule has 0 spiro atoms. The van der Waals surface area contributed by atoms with Gasteiger partial charge in [-0.25, -0.2) is 0 Å². The van der Waals surface area contributed by atoms with Crippen molar-refractivity contribution in [1.82, 2.24) is 20.3 Å². The third-order valence-electron chi connectivity index (χ3n) is 14.7. The number of allylic oxidation sites excluding steroid dienone is 2. The summed E-state index contributed by atoms with van der Waals surface area (Å²) >= 11 is 0. The van der Waals surface area contributed by atoms with Crippen molar-refractivity contribution >= 4 is 41.5 Å². The van der Waals surface area contributed by atoms with Gasteiger partial charge in [0.2, 0.25) is 0 Å². The third-order valence-corrected chi connectivity index (χ3v) is 14.7. The minimum Gasteiger partial charge on any atom is -0.510 e. The molecule has 6 atom stereocenters. The maximum atomic E-state index is 13.4. The van der Waals surface area contributed by atoms with Crippen LogP contribution in [0.15, 0.2) is 17.3 Å². The van der Waals surface area contributed by atoms with Gasteiger partial charge in [0.05, 0.1) is 11.4 Å². The summed E-state index contributed by atoms with van der Waals surface area (Å²) in [5, 5.41) is 29.3. The van der Waals surface area contributed by atoms with Crippen LogP contribution in [0.1, 0.15) is 164 Å². The van der Waals surface area contributed by atoms with E-state index in [9.17, 15) is 19.8 Å². The average Bonchev–Trinajstić information content (AvgIpc) is 3.95. The maximum Gasteiger partial charge on any atom is 0.318 e. The standard InChI is InChI=1S/C53H76N4O5/c1-12-38-35(9)42-26-40-33(7)34(8)41(54-40)27-43-36(10)39(50(56-43)48-49(53(60)61)52(59)47-37(11)44(57-51(47)48)28-45(38)55-42)22-23-46(58)62-25-24-32(6)21-15-20-31(5)19-14-18-30(4)17-13-16-29(2)3/h24,26-31,36,39,49-50,54-57,59H,12-23,25H2,1-11H3,(H,60,61)/b32-24+,42-26-,43-27-,45-28-/t30-,31-,36+,39+,49-,50?/m1/s1. The van der Waals surface area contributed by atoms with Crippen LogP contribution in [-0.4, -0.2) is 49.8 Å². The molecule has 9 nitrogen and oxygen atoms in total. The van der Waals surface area contributed by atoms with Crippen LogP contribution in [-0.2, 0) is 20.7 Å². The number of carbonyl (C=O) groups is 2. The Labute approximate surface area is 370 Å². The van der Waals surface area contributed by atoms with E-state index in [4.69, 9.17) is 4.74 Å². The number of aliphatic hydroxyl groups excluding tert-OH is 1. The molecule has 0 radical (unpaired) electrons. The van der Waals surface area contributed by atoms with Crippen molar-refractivity contribution in [1.29, 1.82) is 0 Å². The van der Waals surface area contributed by atoms with Gasteiger partial charge < -0.3 is 35.2 Å². The smallest absolute Gasteiger partial charge is 0.318 e. The molecule has 3 aromatic heterocycles. The maximum absolute atomic E-state index is 13.4. The summed E-state index contributed by atoms with van der Waals surface area (Å²) in [7, 11) is 0. The van der Waals surface area contributed by atoms with Gasteiger partial charge in [0.1, 0.15) is 18.3 Å². The highest BCUT2D eigenvalue weighted by molar-refractivity contribution is 5.94. The van der Waals surface area contributed by atoms with Crippen molar-refractivity contribution in [2.45, 2.75) is 159 Å². The summed E-state index contributed by atoms with van der Waals surface area (Å²) in [6.45, 7) is 24.4. The minimum atomic E-state index is -1.22. The Bertz CT molecular complexity index is 2440. The quantitative estimate of drug-likeness (QED) is 0.0526. The van der Waals surface area contributed by atoms with Gasteiger partial charge in [-0.1, -0.05) is 92.1 Å². The summed E-state index contributed by atoms with van der Waals surface area (Å²) in [4.78, 5) is 37.4. The van der Waals surface area contributed by atoms with Crippen LogP contribution < -0.4 is 26.6 Å². The molecule has 5 heterocycles. The zero-order chi connectivity index (χ0) is 45.0. The number of carbonyl (C=O) groups excluding carboxylic acids is 1. The first-order chi connectivity index (χ1) is 29.5. The van der Waals surface area contributed by atoms with E-state index in [1.165, 1.54) is 61.6 Å². The molecule has 2 aliphatic heterocycles. The fraction of sp³-hybridized carbons (Fsp3) is 0.585. The van der Waals surface area contributed by atoms with E-state index in [1.54, 1.807) is 0 Å². The van der Waals surface area contributed by atoms with Crippen molar-refractivity contribution < 1.29 is 24.5 Å². The molecular weight excluding hydrogens is 773 g/mol. The van der Waals surface area contributed by atoms with E-state index in [0.29, 0.717) is 22.6 Å². The SMILES string of the molecule is CCc1c(C)/c2[nH]/c1=C\c1[nH]c3c(c1C)=C(O)[C@H](C(=O)O)C=3C1N/C(=C\c3[nH]c(c(C)c3C)\C=2)[C@@H](C)[C@@H]1CCC(=O)OC/C=C(\C)CCC[C@H](C)CCC[C@H](C)CCCC(C)C. The lowest BCUT2D eigenvalue weighted by Crippen LogP contribution is -2.37. The Balaban J connectivity index is 1.18. The molecule has 1 unspecified atom stereocenters. The van der Waals surface area contributed by atoms with Gasteiger partial charge in [0, 0.05) is 51.0 Å². The molecule has 3 aromatic rings. The molecule has 6 N–H and O–H groups in total. The fourth-order valence-corrected chi connectivity index (χ4v) is 10.5. The number of hydrogen-bond acceptors (Lipinski definition) is 5. The van der Waals surface area contributed by atoms with Crippen LogP contribution in [0.4, 0.5) is 0 Å². The molecule has 1 saturated heterocycles. The molecule has 3 aliphatic rings. The van der Waals surface area contributed by atoms with Crippen molar-refractivity contribution in [2.75, 3.05) is 6.61 Å². The van der Waals surface area contributed by atoms with Crippen molar-refractivity contribution in [3.63, 3.8) is 0 Å². The number of nitrogens with one attached hydrogen (secondary N) is 4. The summed E-state index contributed by atoms with van der Waals surface area (Å²) in [6.07, 6.45) is 21.3. The Morgan fingerprint density at radius 3 is 2.05 bits per heavy atom. The number of rotatable bonds is 19. The highest BCUT2D eigenvalue weighted by atomic mass is 16.5. The van der Waals surface area contributed by atoms with Crippen LogP contribution in [0, 0.1) is 63.2 Å². The molecule has 62 heavy (non-hydrogen) atoms. The highest BCUT2D eigenvalue weighted by Gasteiger charge is 2.46. The Morgan fingerprint density at radius 1 is 0.790 bits per heavy atom. The molecule has 0 saturated carbocycles. The fourth-order valence-electron chi connectivity index (χ4n) is 10.5. The number of hydrogen-bond donors (Lipinski definition) is 6. The second kappa shape index (κ2) is 20.2. The van der Waals surface area contributed by atoms with E-state index < -0.39 is 17.9 Å². The minimum absolute atomic E-state index is 0.0447. The molecule has 8 bridgehead atoms. The van der Waals surface area contributed by atoms with Gasteiger partial charge in [-0.2, -0.15) is 0 Å². The predicted octanol–water partition coefficient (Wildman–Crippen LogP) is 8.94. The molecular formula is C53H76N4O5. The van der Waals surface area contributed by atoms with Gasteiger partial charge in [0.25, 0.3) is 0 Å². The van der Waals surface area contributed by atoms with Gasteiger partial charge in [-0.05, 0) is 142 Å². The number of aliphatic carboxylic acids is 1. The average molecular weight is 849 g/mol. The Kier molecular flexibility index (Phi) is 15.3. The zero-order valence-electron chi connectivity index (χ0n) is 39.7. The lowest BCUT2D eigenvalue weighted by Gasteiger charge is -2.25. The monoisotopic (exact) mass is 849 g/mol. The van der Waals surface area contributed by atoms with E-state index in [1.807, 2.05) is 13.0 Å². The molecule has 0 aromatic carbocycles. The number of aromatic nitrogens is 3.